The standard InChI is InChI=1S/C22H25N3O2/c1-24-20-11-5-17(15-16(20)6-12-21(24)26)22(27)23-18-7-9-19(10-8-18)25-13-3-2-4-14-25/h5,7-11,15H,2-4,6,12-14H2,1H3,(H,23,27). The Hall–Kier alpha value is -2.82. The zero-order valence-electron chi connectivity index (χ0n) is 15.7. The summed E-state index contributed by atoms with van der Waals surface area (Å²) in [7, 11) is 1.78. The van der Waals surface area contributed by atoms with E-state index in [-0.39, 0.29) is 11.8 Å². The molecule has 1 fully saturated rings. The molecular weight excluding hydrogens is 338 g/mol. The third-order valence-electron chi connectivity index (χ3n) is 5.53. The van der Waals surface area contributed by atoms with Gasteiger partial charge in [0.05, 0.1) is 0 Å². The van der Waals surface area contributed by atoms with Crippen molar-refractivity contribution in [1.82, 2.24) is 0 Å². The lowest BCUT2D eigenvalue weighted by molar-refractivity contribution is -0.118. The molecule has 140 valence electrons. The lowest BCUT2D eigenvalue weighted by Crippen LogP contribution is -2.31. The fourth-order valence-corrected chi connectivity index (χ4v) is 3.91. The third kappa shape index (κ3) is 3.68. The number of nitrogens with zero attached hydrogens (tertiary/aromatic N) is 2. The Morgan fingerprint density at radius 2 is 1.70 bits per heavy atom. The van der Waals surface area contributed by atoms with Crippen LogP contribution in [-0.4, -0.2) is 32.0 Å². The van der Waals surface area contributed by atoms with Crippen LogP contribution in [0.1, 0.15) is 41.6 Å². The Morgan fingerprint density at radius 3 is 2.44 bits per heavy atom. The summed E-state index contributed by atoms with van der Waals surface area (Å²) >= 11 is 0. The molecule has 2 aromatic rings. The van der Waals surface area contributed by atoms with Crippen LogP contribution in [-0.2, 0) is 11.2 Å². The normalized spacial score (nSPS) is 16.9. The van der Waals surface area contributed by atoms with Crippen molar-refractivity contribution in [3.63, 3.8) is 0 Å². The monoisotopic (exact) mass is 363 g/mol. The quantitative estimate of drug-likeness (QED) is 0.901. The molecule has 0 spiro atoms. The number of benzene rings is 2. The Bertz CT molecular complexity index is 854. The molecule has 5 heteroatoms. The van der Waals surface area contributed by atoms with E-state index in [0.717, 1.165) is 30.0 Å². The molecule has 0 bridgehead atoms. The predicted molar refractivity (Wildman–Crippen MR) is 109 cm³/mol. The fourth-order valence-electron chi connectivity index (χ4n) is 3.91. The molecule has 4 rings (SSSR count). The molecule has 2 aliphatic rings. The first-order valence-corrected chi connectivity index (χ1v) is 9.68. The maximum absolute atomic E-state index is 12.6. The van der Waals surface area contributed by atoms with Crippen LogP contribution >= 0.6 is 0 Å². The van der Waals surface area contributed by atoms with Crippen LogP contribution in [0.2, 0.25) is 0 Å². The maximum Gasteiger partial charge on any atom is 0.255 e. The number of carbonyl (C=O) groups excluding carboxylic acids is 2. The summed E-state index contributed by atoms with van der Waals surface area (Å²) in [6.45, 7) is 2.22. The molecule has 1 N–H and O–H groups in total. The maximum atomic E-state index is 12.6. The molecule has 0 aromatic heterocycles. The zero-order valence-corrected chi connectivity index (χ0v) is 15.7. The van der Waals surface area contributed by atoms with Gasteiger partial charge in [0, 0.05) is 49.2 Å². The summed E-state index contributed by atoms with van der Waals surface area (Å²) in [5.41, 5.74) is 4.58. The second kappa shape index (κ2) is 7.43. The first-order valence-electron chi connectivity index (χ1n) is 9.68. The fraction of sp³-hybridized carbons (Fsp3) is 0.364. The van der Waals surface area contributed by atoms with E-state index in [9.17, 15) is 9.59 Å². The van der Waals surface area contributed by atoms with Crippen molar-refractivity contribution in [2.75, 3.05) is 35.3 Å². The molecule has 5 nitrogen and oxygen atoms in total. The van der Waals surface area contributed by atoms with Crippen molar-refractivity contribution in [2.45, 2.75) is 32.1 Å². The number of nitrogens with one attached hydrogen (secondary N) is 1. The van der Waals surface area contributed by atoms with Crippen LogP contribution < -0.4 is 15.1 Å². The number of anilines is 3. The van der Waals surface area contributed by atoms with E-state index in [1.165, 1.54) is 24.9 Å². The van der Waals surface area contributed by atoms with Crippen LogP contribution in [0.25, 0.3) is 0 Å². The molecule has 0 atom stereocenters. The van der Waals surface area contributed by atoms with Gasteiger partial charge in [0.25, 0.3) is 5.91 Å². The van der Waals surface area contributed by atoms with Gasteiger partial charge in [0.1, 0.15) is 0 Å². The van der Waals surface area contributed by atoms with Crippen LogP contribution in [0, 0.1) is 0 Å². The van der Waals surface area contributed by atoms with Gasteiger partial charge in [-0.05, 0) is 73.7 Å². The summed E-state index contributed by atoms with van der Waals surface area (Å²) in [4.78, 5) is 28.5. The highest BCUT2D eigenvalue weighted by Gasteiger charge is 2.21. The van der Waals surface area contributed by atoms with E-state index < -0.39 is 0 Å². The number of hydrogen-bond acceptors (Lipinski definition) is 3. The minimum atomic E-state index is -0.122. The van der Waals surface area contributed by atoms with Gasteiger partial charge in [-0.25, -0.2) is 0 Å². The first-order chi connectivity index (χ1) is 13.1. The molecule has 0 radical (unpaired) electrons. The van der Waals surface area contributed by atoms with Gasteiger partial charge in [-0.2, -0.15) is 0 Å². The Morgan fingerprint density at radius 1 is 0.963 bits per heavy atom. The van der Waals surface area contributed by atoms with Gasteiger partial charge in [-0.15, -0.1) is 0 Å². The van der Waals surface area contributed by atoms with Crippen molar-refractivity contribution in [3.05, 3.63) is 53.6 Å². The number of hydrogen-bond donors (Lipinski definition) is 1. The highest BCUT2D eigenvalue weighted by molar-refractivity contribution is 6.05. The number of carbonyl (C=O) groups is 2. The van der Waals surface area contributed by atoms with E-state index in [1.807, 2.05) is 24.3 Å². The summed E-state index contributed by atoms with van der Waals surface area (Å²) < 4.78 is 0. The molecular formula is C22H25N3O2. The first kappa shape index (κ1) is 17.6. The van der Waals surface area contributed by atoms with E-state index in [4.69, 9.17) is 0 Å². The smallest absolute Gasteiger partial charge is 0.255 e. The van der Waals surface area contributed by atoms with Gasteiger partial charge in [-0.3, -0.25) is 9.59 Å². The van der Waals surface area contributed by atoms with E-state index in [1.54, 1.807) is 18.0 Å². The molecule has 0 aliphatic carbocycles. The van der Waals surface area contributed by atoms with Gasteiger partial charge in [0.2, 0.25) is 5.91 Å². The average Bonchev–Trinajstić information content (AvgIpc) is 2.72. The molecule has 0 unspecified atom stereocenters. The molecule has 2 aliphatic heterocycles. The molecule has 0 saturated carbocycles. The predicted octanol–water partition coefficient (Wildman–Crippen LogP) is 3.84. The summed E-state index contributed by atoms with van der Waals surface area (Å²) in [6.07, 6.45) is 4.99. The zero-order chi connectivity index (χ0) is 18.8. The number of aryl methyl sites for hydroxylation is 1. The summed E-state index contributed by atoms with van der Waals surface area (Å²) in [5.74, 6) is -0.00317. The van der Waals surface area contributed by atoms with Crippen LogP contribution in [0.15, 0.2) is 42.5 Å². The van der Waals surface area contributed by atoms with Crippen molar-refractivity contribution >= 4 is 28.9 Å². The van der Waals surface area contributed by atoms with Gasteiger partial charge < -0.3 is 15.1 Å². The van der Waals surface area contributed by atoms with Crippen LogP contribution in [0.4, 0.5) is 17.1 Å². The van der Waals surface area contributed by atoms with E-state index >= 15 is 0 Å². The molecule has 1 saturated heterocycles. The number of fused-ring (bicyclic) bond motifs is 1. The largest absolute Gasteiger partial charge is 0.372 e. The third-order valence-corrected chi connectivity index (χ3v) is 5.53. The Labute approximate surface area is 160 Å². The second-order valence-corrected chi connectivity index (χ2v) is 7.34. The van der Waals surface area contributed by atoms with E-state index in [0.29, 0.717) is 18.4 Å². The van der Waals surface area contributed by atoms with Gasteiger partial charge in [-0.1, -0.05) is 0 Å². The van der Waals surface area contributed by atoms with E-state index in [2.05, 4.69) is 22.3 Å². The lowest BCUT2D eigenvalue weighted by atomic mass is 9.99. The lowest BCUT2D eigenvalue weighted by Gasteiger charge is -2.28. The van der Waals surface area contributed by atoms with Crippen LogP contribution in [0.3, 0.4) is 0 Å². The molecule has 2 aromatic carbocycles. The highest BCUT2D eigenvalue weighted by atomic mass is 16.2. The van der Waals surface area contributed by atoms with Crippen molar-refractivity contribution in [2.24, 2.45) is 0 Å². The summed E-state index contributed by atoms with van der Waals surface area (Å²) in [5, 5.41) is 2.98. The molecule has 2 heterocycles. The van der Waals surface area contributed by atoms with Crippen molar-refractivity contribution < 1.29 is 9.59 Å². The van der Waals surface area contributed by atoms with Crippen molar-refractivity contribution in [3.8, 4) is 0 Å². The van der Waals surface area contributed by atoms with Crippen LogP contribution in [0.5, 0.6) is 0 Å². The Kier molecular flexibility index (Phi) is 4.84. The topological polar surface area (TPSA) is 52.7 Å². The summed E-state index contributed by atoms with van der Waals surface area (Å²) in [6, 6.07) is 13.6. The minimum absolute atomic E-state index is 0.119. The number of amides is 2. The molecule has 2 amide bonds. The Balaban J connectivity index is 1.45. The molecule has 27 heavy (non-hydrogen) atoms. The van der Waals surface area contributed by atoms with Gasteiger partial charge in [0.15, 0.2) is 0 Å². The highest BCUT2D eigenvalue weighted by Crippen LogP contribution is 2.28. The van der Waals surface area contributed by atoms with Gasteiger partial charge >= 0.3 is 0 Å². The second-order valence-electron chi connectivity index (χ2n) is 7.34. The number of piperidine rings is 1. The SMILES string of the molecule is CN1C(=O)CCc2cc(C(=O)Nc3ccc(N4CCCCC4)cc3)ccc21. The average molecular weight is 363 g/mol. The van der Waals surface area contributed by atoms with Crippen molar-refractivity contribution in [1.29, 1.82) is 0 Å². The number of rotatable bonds is 3. The minimum Gasteiger partial charge on any atom is -0.372 e.